The molecule has 17 heavy (non-hydrogen) atoms. The normalized spacial score (nSPS) is 30.0. The molecule has 1 fully saturated rings. The molecule has 1 aliphatic rings. The molecule has 0 heterocycles. The summed E-state index contributed by atoms with van der Waals surface area (Å²) in [5.74, 6) is 4.72. The molecule has 0 N–H and O–H groups in total. The van der Waals surface area contributed by atoms with Crippen molar-refractivity contribution in [3.63, 3.8) is 0 Å². The molecule has 0 nitrogen and oxygen atoms in total. The summed E-state index contributed by atoms with van der Waals surface area (Å²) in [6.07, 6.45) is 10.4. The molecule has 4 unspecified atom stereocenters. The third-order valence-corrected chi connectivity index (χ3v) is 5.45. The molecule has 0 aromatic carbocycles. The SMILES string of the molecule is CCCC1CCCC(C(C)C(C)C(C)C)CC1. The van der Waals surface area contributed by atoms with Crippen LogP contribution in [0.3, 0.4) is 0 Å². The molecule has 0 bridgehead atoms. The fourth-order valence-corrected chi connectivity index (χ4v) is 3.67. The summed E-state index contributed by atoms with van der Waals surface area (Å²) in [5.41, 5.74) is 0. The summed E-state index contributed by atoms with van der Waals surface area (Å²) in [6, 6.07) is 0. The third kappa shape index (κ3) is 4.64. The van der Waals surface area contributed by atoms with E-state index >= 15 is 0 Å². The van der Waals surface area contributed by atoms with Gasteiger partial charge in [-0.15, -0.1) is 0 Å². The minimum atomic E-state index is 0.847. The van der Waals surface area contributed by atoms with E-state index in [1.165, 1.54) is 44.9 Å². The van der Waals surface area contributed by atoms with Gasteiger partial charge in [0.05, 0.1) is 0 Å². The zero-order chi connectivity index (χ0) is 12.8. The summed E-state index contributed by atoms with van der Waals surface area (Å²) >= 11 is 0. The third-order valence-electron chi connectivity index (χ3n) is 5.45. The summed E-state index contributed by atoms with van der Waals surface area (Å²) in [4.78, 5) is 0. The topological polar surface area (TPSA) is 0 Å². The zero-order valence-corrected chi connectivity index (χ0v) is 12.8. The molecular formula is C17H34. The maximum atomic E-state index is 2.51. The predicted molar refractivity (Wildman–Crippen MR) is 78.1 cm³/mol. The van der Waals surface area contributed by atoms with E-state index < -0.39 is 0 Å². The van der Waals surface area contributed by atoms with E-state index in [4.69, 9.17) is 0 Å². The highest BCUT2D eigenvalue weighted by molar-refractivity contribution is 4.77. The predicted octanol–water partition coefficient (Wildman–Crippen LogP) is 5.91. The number of hydrogen-bond donors (Lipinski definition) is 0. The fraction of sp³-hybridized carbons (Fsp3) is 1.00. The lowest BCUT2D eigenvalue weighted by atomic mass is 9.75. The van der Waals surface area contributed by atoms with Crippen LogP contribution in [-0.2, 0) is 0 Å². The van der Waals surface area contributed by atoms with E-state index in [1.807, 2.05) is 0 Å². The smallest absolute Gasteiger partial charge is 0.0386 e. The van der Waals surface area contributed by atoms with Crippen molar-refractivity contribution in [1.29, 1.82) is 0 Å². The van der Waals surface area contributed by atoms with Crippen molar-refractivity contribution in [2.75, 3.05) is 0 Å². The molecule has 0 saturated heterocycles. The molecule has 0 aromatic heterocycles. The summed E-state index contributed by atoms with van der Waals surface area (Å²) in [7, 11) is 0. The first kappa shape index (κ1) is 15.1. The van der Waals surface area contributed by atoms with Gasteiger partial charge in [-0.05, 0) is 36.0 Å². The minimum Gasteiger partial charge on any atom is -0.0654 e. The lowest BCUT2D eigenvalue weighted by Crippen LogP contribution is -2.22. The molecule has 1 rings (SSSR count). The van der Waals surface area contributed by atoms with Crippen molar-refractivity contribution >= 4 is 0 Å². The van der Waals surface area contributed by atoms with Crippen molar-refractivity contribution < 1.29 is 0 Å². The van der Waals surface area contributed by atoms with Gasteiger partial charge in [-0.1, -0.05) is 73.1 Å². The van der Waals surface area contributed by atoms with Gasteiger partial charge >= 0.3 is 0 Å². The Morgan fingerprint density at radius 2 is 1.65 bits per heavy atom. The fourth-order valence-electron chi connectivity index (χ4n) is 3.67. The Morgan fingerprint density at radius 3 is 2.24 bits per heavy atom. The molecule has 1 aliphatic carbocycles. The van der Waals surface area contributed by atoms with E-state index in [9.17, 15) is 0 Å². The molecule has 0 heteroatoms. The molecule has 102 valence electrons. The quantitative estimate of drug-likeness (QED) is 0.522. The van der Waals surface area contributed by atoms with Gasteiger partial charge in [0, 0.05) is 0 Å². The van der Waals surface area contributed by atoms with E-state index in [-0.39, 0.29) is 0 Å². The van der Waals surface area contributed by atoms with Crippen LogP contribution in [0.15, 0.2) is 0 Å². The zero-order valence-electron chi connectivity index (χ0n) is 12.8. The number of hydrogen-bond acceptors (Lipinski definition) is 0. The molecule has 4 atom stereocenters. The second kappa shape index (κ2) is 7.44. The maximum absolute atomic E-state index is 2.51. The lowest BCUT2D eigenvalue weighted by Gasteiger charge is -2.30. The van der Waals surface area contributed by atoms with Crippen molar-refractivity contribution in [2.24, 2.45) is 29.6 Å². The van der Waals surface area contributed by atoms with E-state index in [2.05, 4.69) is 34.6 Å². The monoisotopic (exact) mass is 238 g/mol. The molecule has 0 radical (unpaired) electrons. The van der Waals surface area contributed by atoms with Crippen LogP contribution >= 0.6 is 0 Å². The van der Waals surface area contributed by atoms with Crippen molar-refractivity contribution in [3.05, 3.63) is 0 Å². The second-order valence-corrected chi connectivity index (χ2v) is 6.89. The Morgan fingerprint density at radius 1 is 0.941 bits per heavy atom. The van der Waals surface area contributed by atoms with Crippen LogP contribution in [0.4, 0.5) is 0 Å². The van der Waals surface area contributed by atoms with Gasteiger partial charge < -0.3 is 0 Å². The second-order valence-electron chi connectivity index (χ2n) is 6.89. The Bertz CT molecular complexity index is 194. The van der Waals surface area contributed by atoms with Crippen LogP contribution < -0.4 is 0 Å². The van der Waals surface area contributed by atoms with E-state index in [1.54, 1.807) is 0 Å². The highest BCUT2D eigenvalue weighted by atomic mass is 14.3. The lowest BCUT2D eigenvalue weighted by molar-refractivity contribution is 0.193. The Kier molecular flexibility index (Phi) is 6.59. The van der Waals surface area contributed by atoms with Crippen LogP contribution in [0.5, 0.6) is 0 Å². The standard InChI is InChI=1S/C17H34/c1-6-8-16-9-7-10-17(12-11-16)15(5)14(4)13(2)3/h13-17H,6-12H2,1-5H3. The van der Waals surface area contributed by atoms with Crippen LogP contribution in [0.25, 0.3) is 0 Å². The van der Waals surface area contributed by atoms with Gasteiger partial charge in [-0.25, -0.2) is 0 Å². The summed E-state index contributed by atoms with van der Waals surface area (Å²) in [5, 5.41) is 0. The van der Waals surface area contributed by atoms with Crippen LogP contribution in [0, 0.1) is 29.6 Å². The Labute approximate surface area is 110 Å². The molecule has 1 saturated carbocycles. The molecule has 0 amide bonds. The Balaban J connectivity index is 2.45. The largest absolute Gasteiger partial charge is 0.0654 e. The maximum Gasteiger partial charge on any atom is -0.0386 e. The summed E-state index contributed by atoms with van der Waals surface area (Å²) < 4.78 is 0. The summed E-state index contributed by atoms with van der Waals surface area (Å²) in [6.45, 7) is 12.1. The molecule has 0 aliphatic heterocycles. The van der Waals surface area contributed by atoms with E-state index in [0.717, 1.165) is 29.6 Å². The van der Waals surface area contributed by atoms with Crippen molar-refractivity contribution in [1.82, 2.24) is 0 Å². The number of rotatable bonds is 5. The van der Waals surface area contributed by atoms with Crippen LogP contribution in [-0.4, -0.2) is 0 Å². The highest BCUT2D eigenvalue weighted by Crippen LogP contribution is 2.37. The van der Waals surface area contributed by atoms with Gasteiger partial charge in [-0.3, -0.25) is 0 Å². The first-order valence-corrected chi connectivity index (χ1v) is 8.06. The Hall–Kier alpha value is 0. The van der Waals surface area contributed by atoms with Crippen molar-refractivity contribution in [3.8, 4) is 0 Å². The van der Waals surface area contributed by atoms with Gasteiger partial charge in [0.15, 0.2) is 0 Å². The van der Waals surface area contributed by atoms with Gasteiger partial charge in [-0.2, -0.15) is 0 Å². The first-order chi connectivity index (χ1) is 8.06. The highest BCUT2D eigenvalue weighted by Gasteiger charge is 2.27. The first-order valence-electron chi connectivity index (χ1n) is 8.06. The minimum absolute atomic E-state index is 0.847. The van der Waals surface area contributed by atoms with Crippen LogP contribution in [0.2, 0.25) is 0 Å². The van der Waals surface area contributed by atoms with E-state index in [0.29, 0.717) is 0 Å². The van der Waals surface area contributed by atoms with Gasteiger partial charge in [0.2, 0.25) is 0 Å². The average molecular weight is 238 g/mol. The average Bonchev–Trinajstić information content (AvgIpc) is 2.53. The van der Waals surface area contributed by atoms with Crippen LogP contribution in [0.1, 0.15) is 79.6 Å². The molecular weight excluding hydrogens is 204 g/mol. The molecule has 0 aromatic rings. The van der Waals surface area contributed by atoms with Crippen molar-refractivity contribution in [2.45, 2.75) is 79.6 Å². The van der Waals surface area contributed by atoms with Gasteiger partial charge in [0.25, 0.3) is 0 Å². The molecule has 0 spiro atoms. The van der Waals surface area contributed by atoms with Gasteiger partial charge in [0.1, 0.15) is 0 Å².